The van der Waals surface area contributed by atoms with Crippen LogP contribution in [0.3, 0.4) is 0 Å². The van der Waals surface area contributed by atoms with Gasteiger partial charge in [-0.05, 0) is 49.1 Å². The third-order valence-corrected chi connectivity index (χ3v) is 6.20. The highest BCUT2D eigenvalue weighted by molar-refractivity contribution is 7.80. The normalized spacial score (nSPS) is 14.4. The van der Waals surface area contributed by atoms with Crippen LogP contribution in [0, 0.1) is 0 Å². The average Bonchev–Trinajstić information content (AvgIpc) is 3.33. The highest BCUT2D eigenvalue weighted by Crippen LogP contribution is 2.34. The van der Waals surface area contributed by atoms with Gasteiger partial charge in [-0.3, -0.25) is 10.1 Å². The van der Waals surface area contributed by atoms with Crippen molar-refractivity contribution in [2.45, 2.75) is 6.92 Å². The molecule has 8 heteroatoms. The van der Waals surface area contributed by atoms with Gasteiger partial charge >= 0.3 is 0 Å². The molecule has 0 unspecified atom stereocenters. The smallest absolute Gasteiger partial charge is 0.250 e. The van der Waals surface area contributed by atoms with E-state index in [0.717, 1.165) is 55.4 Å². The number of furan rings is 1. The van der Waals surface area contributed by atoms with Crippen molar-refractivity contribution in [3.8, 4) is 11.3 Å². The van der Waals surface area contributed by atoms with Crippen molar-refractivity contribution in [2.24, 2.45) is 0 Å². The Balaban J connectivity index is 1.36. The van der Waals surface area contributed by atoms with Gasteiger partial charge in [0.25, 0.3) is 0 Å². The molecule has 0 spiro atoms. The number of hydrogen-bond donors (Lipinski definition) is 2. The van der Waals surface area contributed by atoms with E-state index in [1.54, 1.807) is 6.08 Å². The summed E-state index contributed by atoms with van der Waals surface area (Å²) < 4.78 is 5.79. The highest BCUT2D eigenvalue weighted by atomic mass is 35.5. The molecular formula is C26H27ClN4O2S. The fourth-order valence-electron chi connectivity index (χ4n) is 3.89. The molecule has 0 bridgehead atoms. The third-order valence-electron chi connectivity index (χ3n) is 5.69. The molecule has 1 aromatic heterocycles. The van der Waals surface area contributed by atoms with Gasteiger partial charge in [-0.25, -0.2) is 0 Å². The number of thiocarbonyl (C=S) groups is 1. The molecular weight excluding hydrogens is 468 g/mol. The predicted molar refractivity (Wildman–Crippen MR) is 143 cm³/mol. The van der Waals surface area contributed by atoms with E-state index in [1.165, 1.54) is 6.08 Å². The van der Waals surface area contributed by atoms with Crippen molar-refractivity contribution >= 4 is 52.3 Å². The number of nitrogens with zero attached hydrogens (tertiary/aromatic N) is 2. The lowest BCUT2D eigenvalue weighted by Gasteiger charge is -2.36. The van der Waals surface area contributed by atoms with Crippen LogP contribution in [0.25, 0.3) is 17.4 Å². The maximum Gasteiger partial charge on any atom is 0.250 e. The zero-order valence-corrected chi connectivity index (χ0v) is 20.5. The van der Waals surface area contributed by atoms with Crippen molar-refractivity contribution in [3.05, 3.63) is 77.5 Å². The monoisotopic (exact) mass is 494 g/mol. The molecule has 0 aliphatic carbocycles. The summed E-state index contributed by atoms with van der Waals surface area (Å²) in [7, 11) is 0. The zero-order valence-electron chi connectivity index (χ0n) is 19.0. The Kier molecular flexibility index (Phi) is 8.00. The van der Waals surface area contributed by atoms with Gasteiger partial charge in [-0.1, -0.05) is 54.9 Å². The fourth-order valence-corrected chi connectivity index (χ4v) is 4.39. The molecule has 2 N–H and O–H groups in total. The predicted octanol–water partition coefficient (Wildman–Crippen LogP) is 5.27. The van der Waals surface area contributed by atoms with E-state index < -0.39 is 0 Å². The molecule has 6 nitrogen and oxygen atoms in total. The first-order chi connectivity index (χ1) is 16.5. The van der Waals surface area contributed by atoms with Crippen LogP contribution < -0.4 is 15.5 Å². The number of anilines is 2. The van der Waals surface area contributed by atoms with Gasteiger partial charge in [0, 0.05) is 37.8 Å². The summed E-state index contributed by atoms with van der Waals surface area (Å²) in [5.41, 5.74) is 2.65. The quantitative estimate of drug-likeness (QED) is 0.359. The molecule has 0 radical (unpaired) electrons. The number of amides is 1. The molecule has 3 aromatic rings. The number of carbonyl (C=O) groups excluding carboxylic acids is 1. The molecule has 2 aromatic carbocycles. The molecule has 0 atom stereocenters. The van der Waals surface area contributed by atoms with Gasteiger partial charge in [0.15, 0.2) is 5.11 Å². The van der Waals surface area contributed by atoms with Gasteiger partial charge < -0.3 is 19.5 Å². The van der Waals surface area contributed by atoms with Crippen molar-refractivity contribution in [1.82, 2.24) is 10.2 Å². The minimum atomic E-state index is -0.352. The number of hydrogen-bond acceptors (Lipinski definition) is 5. The molecule has 1 amide bonds. The van der Waals surface area contributed by atoms with E-state index in [2.05, 4.69) is 27.4 Å². The van der Waals surface area contributed by atoms with Crippen LogP contribution in [0.4, 0.5) is 11.4 Å². The molecule has 34 heavy (non-hydrogen) atoms. The van der Waals surface area contributed by atoms with Crippen LogP contribution in [0.5, 0.6) is 0 Å². The summed E-state index contributed by atoms with van der Waals surface area (Å²) in [6, 6.07) is 19.1. The summed E-state index contributed by atoms with van der Waals surface area (Å²) in [6.07, 6.45) is 3.01. The van der Waals surface area contributed by atoms with Crippen molar-refractivity contribution in [3.63, 3.8) is 0 Å². The van der Waals surface area contributed by atoms with Crippen LogP contribution in [0.2, 0.25) is 5.02 Å². The highest BCUT2D eigenvalue weighted by Gasteiger charge is 2.21. The first-order valence-corrected chi connectivity index (χ1v) is 12.0. The average molecular weight is 495 g/mol. The number of carbonyl (C=O) groups is 1. The van der Waals surface area contributed by atoms with Crippen LogP contribution >= 0.6 is 23.8 Å². The van der Waals surface area contributed by atoms with Gasteiger partial charge in [0.1, 0.15) is 11.5 Å². The topological polar surface area (TPSA) is 60.8 Å². The molecule has 2 heterocycles. The van der Waals surface area contributed by atoms with E-state index in [9.17, 15) is 4.79 Å². The lowest BCUT2D eigenvalue weighted by Crippen LogP contribution is -2.46. The Hall–Kier alpha value is -3.13. The Morgan fingerprint density at radius 3 is 2.56 bits per heavy atom. The number of halogens is 1. The largest absolute Gasteiger partial charge is 0.457 e. The van der Waals surface area contributed by atoms with E-state index in [-0.39, 0.29) is 11.0 Å². The standard InChI is InChI=1S/C26H27ClN4O2S/c1-2-30-15-17-31(18-16-30)25-21(27)9-6-10-22(25)28-26(34)29-24(32)14-12-20-11-13-23(33-20)19-7-4-3-5-8-19/h3-14H,2,15-18H2,1H3,(H2,28,29,32,34)/b14-12+. The SMILES string of the molecule is CCN1CCN(c2c(Cl)cccc2NC(=S)NC(=O)/C=C/c2ccc(-c3ccccc3)o2)CC1. The summed E-state index contributed by atoms with van der Waals surface area (Å²) in [5, 5.41) is 6.67. The molecule has 1 aliphatic heterocycles. The summed E-state index contributed by atoms with van der Waals surface area (Å²) in [6.45, 7) is 6.92. The number of likely N-dealkylation sites (N-methyl/N-ethyl adjacent to an activating group) is 1. The minimum absolute atomic E-state index is 0.204. The maximum atomic E-state index is 12.4. The molecule has 0 saturated carbocycles. The van der Waals surface area contributed by atoms with Gasteiger partial charge in [-0.15, -0.1) is 0 Å². The molecule has 1 saturated heterocycles. The van der Waals surface area contributed by atoms with Crippen LogP contribution in [-0.2, 0) is 4.79 Å². The molecule has 1 fully saturated rings. The number of rotatable bonds is 6. The van der Waals surface area contributed by atoms with Crippen LogP contribution in [0.15, 0.2) is 71.2 Å². The molecule has 4 rings (SSSR count). The van der Waals surface area contributed by atoms with E-state index in [1.807, 2.05) is 60.7 Å². The summed E-state index contributed by atoms with van der Waals surface area (Å²) in [4.78, 5) is 17.1. The number of benzene rings is 2. The zero-order chi connectivity index (χ0) is 23.9. The van der Waals surface area contributed by atoms with E-state index >= 15 is 0 Å². The van der Waals surface area contributed by atoms with Gasteiger partial charge in [0.2, 0.25) is 5.91 Å². The lowest BCUT2D eigenvalue weighted by molar-refractivity contribution is -0.115. The molecule has 1 aliphatic rings. The van der Waals surface area contributed by atoms with Crippen LogP contribution in [0.1, 0.15) is 12.7 Å². The third kappa shape index (κ3) is 6.05. The first-order valence-electron chi connectivity index (χ1n) is 11.2. The van der Waals surface area contributed by atoms with Crippen molar-refractivity contribution < 1.29 is 9.21 Å². The Bertz CT molecular complexity index is 1170. The fraction of sp³-hybridized carbons (Fsp3) is 0.231. The minimum Gasteiger partial charge on any atom is -0.457 e. The molecule has 176 valence electrons. The first kappa shape index (κ1) is 24.0. The number of piperazine rings is 1. The second-order valence-electron chi connectivity index (χ2n) is 7.90. The Morgan fingerprint density at radius 1 is 1.06 bits per heavy atom. The van der Waals surface area contributed by atoms with Crippen molar-refractivity contribution in [2.75, 3.05) is 42.9 Å². The number of nitrogens with one attached hydrogen (secondary N) is 2. The maximum absolute atomic E-state index is 12.4. The number of para-hydroxylation sites is 1. The lowest BCUT2D eigenvalue weighted by atomic mass is 10.2. The summed E-state index contributed by atoms with van der Waals surface area (Å²) in [5.74, 6) is 0.970. The second-order valence-corrected chi connectivity index (χ2v) is 8.72. The second kappa shape index (κ2) is 11.3. The Labute approximate surface area is 210 Å². The van der Waals surface area contributed by atoms with Gasteiger partial charge in [0.05, 0.1) is 16.4 Å². The van der Waals surface area contributed by atoms with Gasteiger partial charge in [-0.2, -0.15) is 0 Å². The van der Waals surface area contributed by atoms with Crippen LogP contribution in [-0.4, -0.2) is 48.6 Å². The van der Waals surface area contributed by atoms with E-state index in [0.29, 0.717) is 10.8 Å². The Morgan fingerprint density at radius 2 is 1.82 bits per heavy atom. The summed E-state index contributed by atoms with van der Waals surface area (Å²) >= 11 is 11.9. The van der Waals surface area contributed by atoms with Crippen molar-refractivity contribution in [1.29, 1.82) is 0 Å². The van der Waals surface area contributed by atoms with E-state index in [4.69, 9.17) is 28.2 Å².